The standard InChI is InChI=1S/C34H59N3O22/c1-11-20(43)27(17(9-40)54-31(11)50-5-4-36-37-35)57-33-26(49)29(24(47)16(8-39)52-33)59-32-12(2)21(44)28(18(10-41)55-32)58-34-30(25(48)23(46)15(7-38)53-34)56-19-6-14(42)22(45)13(3)51-19/h11-34,38-49H,4-10H2,1-3H3/t11?,12?,13-,14+,15?,16?,17?,18?,19?,20+,21+,22?,23-,24-,25-,26?,27+,28+,29-,30?,31+,32-,33-,34-/m0/s1. The van der Waals surface area contributed by atoms with Crippen LogP contribution in [-0.2, 0) is 47.4 Å². The van der Waals surface area contributed by atoms with Gasteiger partial charge in [-0.15, -0.1) is 0 Å². The van der Waals surface area contributed by atoms with Crippen LogP contribution >= 0.6 is 0 Å². The highest BCUT2D eigenvalue weighted by molar-refractivity contribution is 4.97. The van der Waals surface area contributed by atoms with Gasteiger partial charge in [0.15, 0.2) is 31.5 Å². The van der Waals surface area contributed by atoms with Gasteiger partial charge in [0, 0.05) is 29.7 Å². The van der Waals surface area contributed by atoms with E-state index in [1.807, 2.05) is 0 Å². The van der Waals surface area contributed by atoms with E-state index in [2.05, 4.69) is 10.0 Å². The van der Waals surface area contributed by atoms with Gasteiger partial charge in [-0.3, -0.25) is 0 Å². The van der Waals surface area contributed by atoms with Crippen molar-refractivity contribution >= 4 is 0 Å². The molecule has 0 amide bonds. The molecule has 5 aliphatic rings. The van der Waals surface area contributed by atoms with E-state index in [4.69, 9.17) is 52.9 Å². The number of nitrogens with zero attached hydrogens (tertiary/aromatic N) is 3. The van der Waals surface area contributed by atoms with Crippen LogP contribution in [0.1, 0.15) is 27.2 Å². The normalized spacial score (nSPS) is 49.6. The molecule has 25 nitrogen and oxygen atoms in total. The van der Waals surface area contributed by atoms with Crippen LogP contribution in [0, 0.1) is 11.8 Å². The third kappa shape index (κ3) is 10.8. The summed E-state index contributed by atoms with van der Waals surface area (Å²) in [6.45, 7) is 1.32. The minimum Gasteiger partial charge on any atom is -0.394 e. The molecule has 25 heteroatoms. The molecule has 0 saturated carbocycles. The maximum Gasteiger partial charge on any atom is 0.187 e. The Morgan fingerprint density at radius 1 is 0.525 bits per heavy atom. The van der Waals surface area contributed by atoms with Gasteiger partial charge in [0.25, 0.3) is 0 Å². The molecule has 10 unspecified atom stereocenters. The fourth-order valence-corrected chi connectivity index (χ4v) is 7.73. The second kappa shape index (κ2) is 21.7. The zero-order chi connectivity index (χ0) is 43.3. The van der Waals surface area contributed by atoms with Gasteiger partial charge in [-0.05, 0) is 12.5 Å². The molecule has 5 fully saturated rings. The molecule has 5 saturated heterocycles. The fraction of sp³-hybridized carbons (Fsp3) is 1.00. The van der Waals surface area contributed by atoms with Crippen molar-refractivity contribution in [3.05, 3.63) is 10.4 Å². The minimum atomic E-state index is -1.87. The van der Waals surface area contributed by atoms with E-state index in [-0.39, 0.29) is 19.6 Å². The SMILES string of the molecule is CC1[C@H](O[C@@H]2C(O)[C@H](O[C@@H]3C(CO)O[C@@H](OCCN=[N+]=[N-])C(C)[C@H]3O)OC(CO)[C@@H]2O)OC(CO)[C@@H](O[C@@H]2OC(CO)[C@H](O)[C@H](O)C2OC2C[C@@H](O)C(O)[C@H](C)O2)[C@@H]1O. The Balaban J connectivity index is 1.28. The third-order valence-corrected chi connectivity index (χ3v) is 11.4. The maximum absolute atomic E-state index is 11.6. The zero-order valence-electron chi connectivity index (χ0n) is 32.6. The lowest BCUT2D eigenvalue weighted by atomic mass is 9.91. The smallest absolute Gasteiger partial charge is 0.187 e. The molecule has 0 radical (unpaired) electrons. The van der Waals surface area contributed by atoms with Gasteiger partial charge >= 0.3 is 0 Å². The molecule has 59 heavy (non-hydrogen) atoms. The topological polar surface area (TPSA) is 384 Å². The van der Waals surface area contributed by atoms with Crippen LogP contribution in [0.15, 0.2) is 5.11 Å². The summed E-state index contributed by atoms with van der Waals surface area (Å²) >= 11 is 0. The predicted molar refractivity (Wildman–Crippen MR) is 188 cm³/mol. The van der Waals surface area contributed by atoms with Gasteiger partial charge in [-0.1, -0.05) is 19.0 Å². The van der Waals surface area contributed by atoms with Crippen LogP contribution < -0.4 is 0 Å². The lowest BCUT2D eigenvalue weighted by Crippen LogP contribution is -2.66. The van der Waals surface area contributed by atoms with Crippen molar-refractivity contribution in [2.45, 2.75) is 162 Å². The Labute approximate surface area is 338 Å². The van der Waals surface area contributed by atoms with Gasteiger partial charge in [0.2, 0.25) is 0 Å². The molecule has 0 bridgehead atoms. The zero-order valence-corrected chi connectivity index (χ0v) is 32.6. The van der Waals surface area contributed by atoms with Gasteiger partial charge in [0.05, 0.1) is 57.5 Å². The summed E-state index contributed by atoms with van der Waals surface area (Å²) in [5.74, 6) is -1.87. The first-order valence-electron chi connectivity index (χ1n) is 19.5. The van der Waals surface area contributed by atoms with E-state index < -0.39 is 173 Å². The first kappa shape index (κ1) is 48.5. The van der Waals surface area contributed by atoms with Crippen molar-refractivity contribution < 1.29 is 109 Å². The van der Waals surface area contributed by atoms with Gasteiger partial charge < -0.3 is 109 Å². The Morgan fingerprint density at radius 2 is 1.03 bits per heavy atom. The van der Waals surface area contributed by atoms with Crippen molar-refractivity contribution in [1.82, 2.24) is 0 Å². The molecule has 5 rings (SSSR count). The number of aliphatic hydroxyl groups is 12. The van der Waals surface area contributed by atoms with Crippen LogP contribution in [0.2, 0.25) is 0 Å². The molecule has 342 valence electrons. The highest BCUT2D eigenvalue weighted by Gasteiger charge is 2.55. The molecule has 24 atom stereocenters. The van der Waals surface area contributed by atoms with Crippen molar-refractivity contribution in [1.29, 1.82) is 0 Å². The molecular formula is C34H59N3O22. The van der Waals surface area contributed by atoms with E-state index in [9.17, 15) is 61.3 Å². The van der Waals surface area contributed by atoms with E-state index >= 15 is 0 Å². The highest BCUT2D eigenvalue weighted by Crippen LogP contribution is 2.37. The Hall–Kier alpha value is -1.57. The lowest BCUT2D eigenvalue weighted by molar-refractivity contribution is -0.390. The molecule has 12 N–H and O–H groups in total. The third-order valence-electron chi connectivity index (χ3n) is 11.4. The molecule has 0 aromatic heterocycles. The van der Waals surface area contributed by atoms with Crippen molar-refractivity contribution in [3.8, 4) is 0 Å². The molecule has 5 aliphatic heterocycles. The maximum atomic E-state index is 11.6. The molecule has 0 aromatic carbocycles. The molecule has 5 heterocycles. The number of rotatable bonds is 16. The Morgan fingerprint density at radius 3 is 1.61 bits per heavy atom. The summed E-state index contributed by atoms with van der Waals surface area (Å²) in [5, 5.41) is 131. The van der Waals surface area contributed by atoms with E-state index in [0.29, 0.717) is 0 Å². The summed E-state index contributed by atoms with van der Waals surface area (Å²) in [6, 6.07) is 0. The van der Waals surface area contributed by atoms with Crippen LogP contribution in [0.3, 0.4) is 0 Å². The number of azide groups is 1. The van der Waals surface area contributed by atoms with Crippen molar-refractivity contribution in [2.75, 3.05) is 39.6 Å². The second-order valence-electron chi connectivity index (χ2n) is 15.4. The molecular weight excluding hydrogens is 802 g/mol. The lowest BCUT2D eigenvalue weighted by Gasteiger charge is -2.50. The highest BCUT2D eigenvalue weighted by atomic mass is 16.8. The van der Waals surface area contributed by atoms with E-state index in [1.54, 1.807) is 6.92 Å². The number of aliphatic hydroxyl groups excluding tert-OH is 12. The largest absolute Gasteiger partial charge is 0.394 e. The summed E-state index contributed by atoms with van der Waals surface area (Å²) < 4.78 is 58.1. The van der Waals surface area contributed by atoms with Crippen molar-refractivity contribution in [2.24, 2.45) is 17.0 Å². The summed E-state index contributed by atoms with van der Waals surface area (Å²) in [4.78, 5) is 2.63. The summed E-state index contributed by atoms with van der Waals surface area (Å²) in [6.07, 6.45) is -32.4. The quantitative estimate of drug-likeness (QED) is 0.0297. The predicted octanol–water partition coefficient (Wildman–Crippen LogP) is -5.98. The van der Waals surface area contributed by atoms with Crippen LogP contribution in [-0.4, -0.2) is 236 Å². The summed E-state index contributed by atoms with van der Waals surface area (Å²) in [5.41, 5.74) is 8.50. The van der Waals surface area contributed by atoms with Crippen LogP contribution in [0.25, 0.3) is 10.4 Å². The van der Waals surface area contributed by atoms with Gasteiger partial charge in [0.1, 0.15) is 79.4 Å². The van der Waals surface area contributed by atoms with Crippen LogP contribution in [0.5, 0.6) is 0 Å². The number of hydrogen-bond donors (Lipinski definition) is 12. The second-order valence-corrected chi connectivity index (χ2v) is 15.4. The molecule has 0 aromatic rings. The number of hydrogen-bond acceptors (Lipinski definition) is 23. The fourth-order valence-electron chi connectivity index (χ4n) is 7.73. The summed E-state index contributed by atoms with van der Waals surface area (Å²) in [7, 11) is 0. The molecule has 0 aliphatic carbocycles. The Kier molecular flexibility index (Phi) is 17.8. The average molecular weight is 862 g/mol. The van der Waals surface area contributed by atoms with Crippen molar-refractivity contribution in [3.63, 3.8) is 0 Å². The monoisotopic (exact) mass is 861 g/mol. The molecule has 0 spiro atoms. The van der Waals surface area contributed by atoms with Gasteiger partial charge in [-0.2, -0.15) is 0 Å². The van der Waals surface area contributed by atoms with Crippen LogP contribution in [0.4, 0.5) is 0 Å². The first-order chi connectivity index (χ1) is 28.1. The average Bonchev–Trinajstić information content (AvgIpc) is 3.22. The first-order valence-corrected chi connectivity index (χ1v) is 19.5. The van der Waals surface area contributed by atoms with Gasteiger partial charge in [-0.25, -0.2) is 0 Å². The minimum absolute atomic E-state index is 0.0238. The Bertz CT molecular complexity index is 1330. The van der Waals surface area contributed by atoms with E-state index in [1.165, 1.54) is 13.8 Å². The van der Waals surface area contributed by atoms with E-state index in [0.717, 1.165) is 0 Å². The number of ether oxygens (including phenoxy) is 10.